The number of aliphatic hydroxyl groups is 1. The van der Waals surface area contributed by atoms with Gasteiger partial charge < -0.3 is 15.7 Å². The third-order valence-electron chi connectivity index (χ3n) is 3.31. The zero-order valence-electron chi connectivity index (χ0n) is 12.9. The van der Waals surface area contributed by atoms with E-state index in [4.69, 9.17) is 5.11 Å². The van der Waals surface area contributed by atoms with Crippen LogP contribution in [0, 0.1) is 5.92 Å². The molecule has 0 saturated heterocycles. The van der Waals surface area contributed by atoms with Gasteiger partial charge in [-0.05, 0) is 25.2 Å². The molecule has 5 nitrogen and oxygen atoms in total. The second kappa shape index (κ2) is 9.53. The van der Waals surface area contributed by atoms with E-state index in [1.54, 1.807) is 0 Å². The van der Waals surface area contributed by atoms with Gasteiger partial charge in [-0.2, -0.15) is 0 Å². The SMILES string of the molecule is CCCc1nc(NC)cc(NCC(CCC)CCO)n1. The fraction of sp³-hybridized carbons (Fsp3) is 0.733. The highest BCUT2D eigenvalue weighted by molar-refractivity contribution is 5.47. The van der Waals surface area contributed by atoms with Crippen molar-refractivity contribution in [2.75, 3.05) is 30.8 Å². The molecule has 5 heteroatoms. The van der Waals surface area contributed by atoms with Gasteiger partial charge in [-0.25, -0.2) is 9.97 Å². The standard InChI is InChI=1S/C15H28N4O/c1-4-6-12(8-9-20)11-17-15-10-14(16-3)18-13(19-15)7-5-2/h10,12,20H,4-9,11H2,1-3H3,(H2,16,17,18,19). The summed E-state index contributed by atoms with van der Waals surface area (Å²) >= 11 is 0. The Kier molecular flexibility index (Phi) is 7.95. The Balaban J connectivity index is 2.67. The van der Waals surface area contributed by atoms with Crippen LogP contribution in [0.2, 0.25) is 0 Å². The molecule has 1 unspecified atom stereocenters. The highest BCUT2D eigenvalue weighted by Gasteiger charge is 2.09. The molecule has 20 heavy (non-hydrogen) atoms. The molecular formula is C15H28N4O. The minimum atomic E-state index is 0.249. The number of aliphatic hydroxyl groups excluding tert-OH is 1. The zero-order chi connectivity index (χ0) is 14.8. The van der Waals surface area contributed by atoms with Gasteiger partial charge in [0.25, 0.3) is 0 Å². The number of rotatable bonds is 10. The van der Waals surface area contributed by atoms with E-state index in [0.717, 1.165) is 56.1 Å². The van der Waals surface area contributed by atoms with Gasteiger partial charge in [-0.3, -0.25) is 0 Å². The lowest BCUT2D eigenvalue weighted by molar-refractivity contribution is 0.255. The molecule has 1 atom stereocenters. The number of hydrogen-bond donors (Lipinski definition) is 3. The summed E-state index contributed by atoms with van der Waals surface area (Å²) in [5.74, 6) is 3.08. The van der Waals surface area contributed by atoms with Crippen LogP contribution in [0.4, 0.5) is 11.6 Å². The van der Waals surface area contributed by atoms with Gasteiger partial charge in [0.2, 0.25) is 0 Å². The van der Waals surface area contributed by atoms with Crippen molar-refractivity contribution in [1.82, 2.24) is 9.97 Å². The fourth-order valence-electron chi connectivity index (χ4n) is 2.24. The second-order valence-electron chi connectivity index (χ2n) is 5.10. The summed E-state index contributed by atoms with van der Waals surface area (Å²) in [5, 5.41) is 15.6. The first-order valence-electron chi connectivity index (χ1n) is 7.63. The molecule has 0 aliphatic carbocycles. The Morgan fingerprint density at radius 2 is 1.90 bits per heavy atom. The predicted octanol–water partition coefficient (Wildman–Crippen LogP) is 2.68. The molecule has 0 radical (unpaired) electrons. The molecule has 114 valence electrons. The van der Waals surface area contributed by atoms with Gasteiger partial charge in [0.05, 0.1) is 0 Å². The minimum Gasteiger partial charge on any atom is -0.396 e. The van der Waals surface area contributed by atoms with E-state index in [2.05, 4.69) is 34.4 Å². The van der Waals surface area contributed by atoms with Crippen molar-refractivity contribution in [3.63, 3.8) is 0 Å². The number of aryl methyl sites for hydroxylation is 1. The molecule has 0 fully saturated rings. The van der Waals surface area contributed by atoms with Gasteiger partial charge in [-0.1, -0.05) is 20.3 Å². The smallest absolute Gasteiger partial charge is 0.133 e. The first kappa shape index (κ1) is 16.7. The summed E-state index contributed by atoms with van der Waals surface area (Å²) in [7, 11) is 1.87. The normalized spacial score (nSPS) is 12.2. The molecule has 0 aromatic carbocycles. The summed E-state index contributed by atoms with van der Waals surface area (Å²) in [6, 6.07) is 1.93. The quantitative estimate of drug-likeness (QED) is 0.615. The summed E-state index contributed by atoms with van der Waals surface area (Å²) in [6.07, 6.45) is 5.03. The molecule has 0 saturated carbocycles. The summed E-state index contributed by atoms with van der Waals surface area (Å²) in [5.41, 5.74) is 0. The largest absolute Gasteiger partial charge is 0.396 e. The highest BCUT2D eigenvalue weighted by Crippen LogP contribution is 2.15. The maximum atomic E-state index is 9.09. The monoisotopic (exact) mass is 280 g/mol. The molecule has 0 bridgehead atoms. The average Bonchev–Trinajstić information content (AvgIpc) is 2.45. The van der Waals surface area contributed by atoms with Crippen molar-refractivity contribution in [3.8, 4) is 0 Å². The first-order chi connectivity index (χ1) is 9.73. The van der Waals surface area contributed by atoms with Crippen LogP contribution >= 0.6 is 0 Å². The van der Waals surface area contributed by atoms with E-state index in [9.17, 15) is 0 Å². The molecule has 0 spiro atoms. The minimum absolute atomic E-state index is 0.249. The molecule has 1 rings (SSSR count). The third-order valence-corrected chi connectivity index (χ3v) is 3.31. The highest BCUT2D eigenvalue weighted by atomic mass is 16.3. The average molecular weight is 280 g/mol. The van der Waals surface area contributed by atoms with Gasteiger partial charge in [-0.15, -0.1) is 0 Å². The zero-order valence-corrected chi connectivity index (χ0v) is 12.9. The lowest BCUT2D eigenvalue weighted by Crippen LogP contribution is -2.17. The van der Waals surface area contributed by atoms with E-state index in [1.165, 1.54) is 0 Å². The summed E-state index contributed by atoms with van der Waals surface area (Å²) < 4.78 is 0. The third kappa shape index (κ3) is 5.74. The lowest BCUT2D eigenvalue weighted by Gasteiger charge is -2.16. The molecular weight excluding hydrogens is 252 g/mol. The molecule has 0 aliphatic rings. The topological polar surface area (TPSA) is 70.1 Å². The maximum absolute atomic E-state index is 9.09. The van der Waals surface area contributed by atoms with E-state index < -0.39 is 0 Å². The van der Waals surface area contributed by atoms with Crippen LogP contribution in [0.1, 0.15) is 45.4 Å². The van der Waals surface area contributed by atoms with Gasteiger partial charge in [0.15, 0.2) is 0 Å². The van der Waals surface area contributed by atoms with Crippen LogP contribution in [0.5, 0.6) is 0 Å². The van der Waals surface area contributed by atoms with Gasteiger partial charge >= 0.3 is 0 Å². The van der Waals surface area contributed by atoms with Crippen molar-refractivity contribution < 1.29 is 5.11 Å². The summed E-state index contributed by atoms with van der Waals surface area (Å²) in [4.78, 5) is 8.98. The van der Waals surface area contributed by atoms with Crippen LogP contribution in [-0.4, -0.2) is 35.3 Å². The number of aromatic nitrogens is 2. The van der Waals surface area contributed by atoms with E-state index in [0.29, 0.717) is 5.92 Å². The Labute approximate surface area is 122 Å². The van der Waals surface area contributed by atoms with Crippen molar-refractivity contribution in [3.05, 3.63) is 11.9 Å². The van der Waals surface area contributed by atoms with E-state index >= 15 is 0 Å². The van der Waals surface area contributed by atoms with Crippen LogP contribution in [0.25, 0.3) is 0 Å². The Bertz CT molecular complexity index is 378. The first-order valence-corrected chi connectivity index (χ1v) is 7.63. The maximum Gasteiger partial charge on any atom is 0.133 e. The molecule has 3 N–H and O–H groups in total. The molecule has 1 aromatic rings. The Hall–Kier alpha value is -1.36. The van der Waals surface area contributed by atoms with E-state index in [1.807, 2.05) is 13.1 Å². The van der Waals surface area contributed by atoms with Crippen LogP contribution in [0.3, 0.4) is 0 Å². The lowest BCUT2D eigenvalue weighted by atomic mass is 10.0. The molecule has 1 heterocycles. The predicted molar refractivity (Wildman–Crippen MR) is 84.2 cm³/mol. The molecule has 0 aliphatic heterocycles. The van der Waals surface area contributed by atoms with Crippen molar-refractivity contribution in [2.45, 2.75) is 46.0 Å². The van der Waals surface area contributed by atoms with Gasteiger partial charge in [0.1, 0.15) is 17.5 Å². The fourth-order valence-corrected chi connectivity index (χ4v) is 2.24. The van der Waals surface area contributed by atoms with Gasteiger partial charge in [0, 0.05) is 32.7 Å². The van der Waals surface area contributed by atoms with Crippen molar-refractivity contribution in [1.29, 1.82) is 0 Å². The van der Waals surface area contributed by atoms with E-state index in [-0.39, 0.29) is 6.61 Å². The number of hydrogen-bond acceptors (Lipinski definition) is 5. The number of nitrogens with one attached hydrogen (secondary N) is 2. The number of anilines is 2. The summed E-state index contributed by atoms with van der Waals surface area (Å²) in [6.45, 7) is 5.40. The van der Waals surface area contributed by atoms with Crippen LogP contribution in [0.15, 0.2) is 6.07 Å². The second-order valence-corrected chi connectivity index (χ2v) is 5.10. The Morgan fingerprint density at radius 1 is 1.15 bits per heavy atom. The Morgan fingerprint density at radius 3 is 2.50 bits per heavy atom. The van der Waals surface area contributed by atoms with Crippen molar-refractivity contribution in [2.24, 2.45) is 5.92 Å². The number of nitrogens with zero attached hydrogens (tertiary/aromatic N) is 2. The molecule has 0 amide bonds. The van der Waals surface area contributed by atoms with Crippen LogP contribution < -0.4 is 10.6 Å². The van der Waals surface area contributed by atoms with Crippen molar-refractivity contribution >= 4 is 11.6 Å². The van der Waals surface area contributed by atoms with Crippen LogP contribution in [-0.2, 0) is 6.42 Å². The molecule has 1 aromatic heterocycles.